The van der Waals surface area contributed by atoms with Crippen molar-refractivity contribution in [2.75, 3.05) is 4.90 Å². The molecule has 2 aliphatic rings. The highest BCUT2D eigenvalue weighted by Gasteiger charge is 2.68. The van der Waals surface area contributed by atoms with Crippen LogP contribution in [0.15, 0.2) is 42.5 Å². The fourth-order valence-electron chi connectivity index (χ4n) is 5.19. The van der Waals surface area contributed by atoms with E-state index in [0.29, 0.717) is 11.3 Å². The Labute approximate surface area is 185 Å². The van der Waals surface area contributed by atoms with E-state index in [-0.39, 0.29) is 23.8 Å². The van der Waals surface area contributed by atoms with Crippen LogP contribution in [0, 0.1) is 24.7 Å². The molecule has 0 radical (unpaired) electrons. The Morgan fingerprint density at radius 3 is 2.38 bits per heavy atom. The number of carboxylic acid groups (broad SMARTS) is 1. The maximum absolute atomic E-state index is 13.7. The normalized spacial score (nSPS) is 27.2. The van der Waals surface area contributed by atoms with E-state index in [0.717, 1.165) is 10.5 Å². The molecule has 32 heavy (non-hydrogen) atoms. The van der Waals surface area contributed by atoms with Crippen molar-refractivity contribution in [1.82, 2.24) is 5.32 Å². The number of nitrogens with zero attached hydrogens (tertiary/aromatic N) is 1. The Morgan fingerprint density at radius 2 is 1.78 bits per heavy atom. The minimum absolute atomic E-state index is 0.0679. The molecule has 8 nitrogen and oxygen atoms in total. The number of hydrogen-bond acceptors (Lipinski definition) is 6. The van der Waals surface area contributed by atoms with E-state index in [1.807, 2.05) is 13.8 Å². The number of aromatic hydroxyl groups is 2. The molecule has 4 atom stereocenters. The number of carbonyl (C=O) groups is 3. The Balaban J connectivity index is 1.89. The number of aliphatic carboxylic acids is 1. The molecule has 2 aromatic rings. The summed E-state index contributed by atoms with van der Waals surface area (Å²) in [5, 5.41) is 33.1. The molecule has 8 heteroatoms. The second-order valence-electron chi connectivity index (χ2n) is 9.05. The summed E-state index contributed by atoms with van der Waals surface area (Å²) in [6.45, 7) is 5.51. The lowest BCUT2D eigenvalue weighted by Gasteiger charge is -2.32. The van der Waals surface area contributed by atoms with Crippen molar-refractivity contribution in [2.45, 2.75) is 38.8 Å². The van der Waals surface area contributed by atoms with Crippen LogP contribution in [-0.4, -0.2) is 38.6 Å². The van der Waals surface area contributed by atoms with Crippen LogP contribution in [0.5, 0.6) is 11.5 Å². The molecular formula is C24H26N2O6. The van der Waals surface area contributed by atoms with Crippen molar-refractivity contribution in [2.24, 2.45) is 17.8 Å². The van der Waals surface area contributed by atoms with Gasteiger partial charge in [0.05, 0.1) is 17.5 Å². The standard InChI is InChI=1S/C24H26N2O6/c1-12(2)11-24(23(31)32)19-18(20(25-24)14-8-9-16(27)17(28)10-14)21(29)26(22(19)30)15-7-5-4-6-13(15)3/h4-10,12,18-20,25,27-28H,11H2,1-3H3,(H,31,32). The average Bonchev–Trinajstić information content (AvgIpc) is 3.19. The minimum atomic E-state index is -1.65. The predicted octanol–water partition coefficient (Wildman–Crippen LogP) is 2.73. The van der Waals surface area contributed by atoms with Gasteiger partial charge in [-0.2, -0.15) is 0 Å². The van der Waals surface area contributed by atoms with Gasteiger partial charge >= 0.3 is 5.97 Å². The third kappa shape index (κ3) is 3.14. The molecule has 4 rings (SSSR count). The first-order valence-electron chi connectivity index (χ1n) is 10.5. The maximum atomic E-state index is 13.7. The fraction of sp³-hybridized carbons (Fsp3) is 0.375. The number of anilines is 1. The first-order chi connectivity index (χ1) is 15.1. The van der Waals surface area contributed by atoms with Gasteiger partial charge in [-0.15, -0.1) is 0 Å². The van der Waals surface area contributed by atoms with Gasteiger partial charge in [0.1, 0.15) is 5.54 Å². The molecule has 168 valence electrons. The zero-order valence-corrected chi connectivity index (χ0v) is 18.1. The van der Waals surface area contributed by atoms with Crippen LogP contribution in [0.25, 0.3) is 0 Å². The summed E-state index contributed by atoms with van der Waals surface area (Å²) in [4.78, 5) is 41.0. The van der Waals surface area contributed by atoms with E-state index in [1.165, 1.54) is 18.2 Å². The van der Waals surface area contributed by atoms with Crippen LogP contribution in [0.2, 0.25) is 0 Å². The van der Waals surface area contributed by atoms with Gasteiger partial charge in [-0.25, -0.2) is 4.90 Å². The van der Waals surface area contributed by atoms with Gasteiger partial charge in [0.2, 0.25) is 11.8 Å². The molecule has 0 spiro atoms. The Bertz CT molecular complexity index is 1110. The highest BCUT2D eigenvalue weighted by Crippen LogP contribution is 2.52. The van der Waals surface area contributed by atoms with Crippen molar-refractivity contribution >= 4 is 23.5 Å². The summed E-state index contributed by atoms with van der Waals surface area (Å²) >= 11 is 0. The molecule has 2 aliphatic heterocycles. The van der Waals surface area contributed by atoms with E-state index in [2.05, 4.69) is 5.32 Å². The fourth-order valence-corrected chi connectivity index (χ4v) is 5.19. The summed E-state index contributed by atoms with van der Waals surface area (Å²) in [6.07, 6.45) is 0.144. The van der Waals surface area contributed by atoms with Crippen molar-refractivity contribution in [3.05, 3.63) is 53.6 Å². The molecule has 2 aromatic carbocycles. The maximum Gasteiger partial charge on any atom is 0.324 e. The van der Waals surface area contributed by atoms with Crippen molar-refractivity contribution in [3.8, 4) is 11.5 Å². The number of fused-ring (bicyclic) bond motifs is 1. The quantitative estimate of drug-likeness (QED) is 0.417. The summed E-state index contributed by atoms with van der Waals surface area (Å²) in [7, 11) is 0. The Hall–Kier alpha value is -3.39. The van der Waals surface area contributed by atoms with Crippen LogP contribution in [0.1, 0.15) is 37.4 Å². The number of imide groups is 1. The first-order valence-corrected chi connectivity index (χ1v) is 10.5. The van der Waals surface area contributed by atoms with Gasteiger partial charge in [-0.05, 0) is 48.6 Å². The highest BCUT2D eigenvalue weighted by molar-refractivity contribution is 6.24. The van der Waals surface area contributed by atoms with Crippen molar-refractivity contribution in [3.63, 3.8) is 0 Å². The molecule has 4 N–H and O–H groups in total. The number of hydrogen-bond donors (Lipinski definition) is 4. The summed E-state index contributed by atoms with van der Waals surface area (Å²) in [5.74, 6) is -5.09. The predicted molar refractivity (Wildman–Crippen MR) is 116 cm³/mol. The number of benzene rings is 2. The van der Waals surface area contributed by atoms with Crippen molar-refractivity contribution < 1.29 is 29.7 Å². The molecule has 0 aliphatic carbocycles. The zero-order valence-electron chi connectivity index (χ0n) is 18.1. The van der Waals surface area contributed by atoms with E-state index >= 15 is 0 Å². The van der Waals surface area contributed by atoms with Gasteiger partial charge < -0.3 is 15.3 Å². The smallest absolute Gasteiger partial charge is 0.324 e. The number of aryl methyl sites for hydroxylation is 1. The van der Waals surface area contributed by atoms with E-state index in [1.54, 1.807) is 31.2 Å². The Kier molecular flexibility index (Phi) is 5.21. The second kappa shape index (κ2) is 7.63. The van der Waals surface area contributed by atoms with Gasteiger partial charge in [0.15, 0.2) is 11.5 Å². The van der Waals surface area contributed by atoms with Crippen LogP contribution >= 0.6 is 0 Å². The van der Waals surface area contributed by atoms with E-state index in [4.69, 9.17) is 0 Å². The second-order valence-corrected chi connectivity index (χ2v) is 9.05. The monoisotopic (exact) mass is 438 g/mol. The molecule has 4 unspecified atom stereocenters. The van der Waals surface area contributed by atoms with Gasteiger partial charge in [-0.1, -0.05) is 38.1 Å². The van der Waals surface area contributed by atoms with Gasteiger partial charge in [-0.3, -0.25) is 19.7 Å². The average molecular weight is 438 g/mol. The molecule has 0 bridgehead atoms. The molecule has 2 fully saturated rings. The molecule has 0 saturated carbocycles. The third-order valence-electron chi connectivity index (χ3n) is 6.48. The zero-order chi connectivity index (χ0) is 23.4. The van der Waals surface area contributed by atoms with Crippen LogP contribution in [-0.2, 0) is 14.4 Å². The summed E-state index contributed by atoms with van der Waals surface area (Å²) in [5.41, 5.74) is -0.0602. The van der Waals surface area contributed by atoms with Crippen LogP contribution in [0.3, 0.4) is 0 Å². The van der Waals surface area contributed by atoms with E-state index < -0.39 is 41.2 Å². The van der Waals surface area contributed by atoms with Crippen molar-refractivity contribution in [1.29, 1.82) is 0 Å². The lowest BCUT2D eigenvalue weighted by atomic mass is 9.75. The topological polar surface area (TPSA) is 127 Å². The number of carboxylic acids is 1. The number of nitrogens with one attached hydrogen (secondary N) is 1. The van der Waals surface area contributed by atoms with E-state index in [9.17, 15) is 29.7 Å². The number of amides is 2. The van der Waals surface area contributed by atoms with Gasteiger partial charge in [0.25, 0.3) is 0 Å². The molecule has 0 aromatic heterocycles. The SMILES string of the molecule is Cc1ccccc1N1C(=O)C2C(c3ccc(O)c(O)c3)NC(CC(C)C)(C(=O)O)C2C1=O. The number of rotatable bonds is 5. The molecule has 2 amide bonds. The van der Waals surface area contributed by atoms with Crippen LogP contribution < -0.4 is 10.2 Å². The summed E-state index contributed by atoms with van der Waals surface area (Å²) in [6, 6.07) is 10.3. The number of para-hydroxylation sites is 1. The lowest BCUT2D eigenvalue weighted by Crippen LogP contribution is -2.56. The lowest BCUT2D eigenvalue weighted by molar-refractivity contribution is -0.149. The highest BCUT2D eigenvalue weighted by atomic mass is 16.4. The minimum Gasteiger partial charge on any atom is -0.504 e. The molecule has 2 saturated heterocycles. The first kappa shape index (κ1) is 21.8. The number of phenols is 2. The third-order valence-corrected chi connectivity index (χ3v) is 6.48. The number of phenolic OH excluding ortho intramolecular Hbond substituents is 2. The largest absolute Gasteiger partial charge is 0.504 e. The molecular weight excluding hydrogens is 412 g/mol. The number of carbonyl (C=O) groups excluding carboxylic acids is 2. The molecule has 2 heterocycles. The summed E-state index contributed by atoms with van der Waals surface area (Å²) < 4.78 is 0. The van der Waals surface area contributed by atoms with Crippen LogP contribution in [0.4, 0.5) is 5.69 Å². The Morgan fingerprint density at radius 1 is 1.09 bits per heavy atom. The van der Waals surface area contributed by atoms with Gasteiger partial charge in [0, 0.05) is 6.04 Å².